The molecule has 0 atom stereocenters. The van der Waals surface area contributed by atoms with Crippen LogP contribution in [0.2, 0.25) is 0 Å². The highest BCUT2D eigenvalue weighted by Gasteiger charge is 2.16. The third-order valence-electron chi connectivity index (χ3n) is 3.19. The molecule has 17 heavy (non-hydrogen) atoms. The van der Waals surface area contributed by atoms with Crippen LogP contribution in [0.4, 0.5) is 11.5 Å². The number of aromatic nitrogens is 2. The molecular weight excluding hydrogens is 210 g/mol. The van der Waals surface area contributed by atoms with Gasteiger partial charge in [0.1, 0.15) is 12.1 Å². The van der Waals surface area contributed by atoms with E-state index < -0.39 is 0 Å². The monoisotopic (exact) mass is 225 g/mol. The topological polar surface area (TPSA) is 37.8 Å². The van der Waals surface area contributed by atoms with Crippen LogP contribution >= 0.6 is 0 Å². The Morgan fingerprint density at radius 2 is 1.88 bits per heavy atom. The highest BCUT2D eigenvalue weighted by atomic mass is 15.0. The number of benzene rings is 1. The highest BCUT2D eigenvalue weighted by Crippen LogP contribution is 2.27. The van der Waals surface area contributed by atoms with E-state index in [0.717, 1.165) is 24.3 Å². The molecule has 1 N–H and O–H groups in total. The van der Waals surface area contributed by atoms with E-state index in [1.807, 2.05) is 0 Å². The highest BCUT2D eigenvalue weighted by molar-refractivity contribution is 5.60. The maximum absolute atomic E-state index is 4.35. The molecule has 86 valence electrons. The van der Waals surface area contributed by atoms with Crippen LogP contribution in [0.3, 0.4) is 0 Å². The molecule has 1 aliphatic rings. The summed E-state index contributed by atoms with van der Waals surface area (Å²) in [5.74, 6) is 0.969. The molecule has 3 nitrogen and oxygen atoms in total. The average molecular weight is 225 g/mol. The van der Waals surface area contributed by atoms with Gasteiger partial charge in [0.05, 0.1) is 0 Å². The van der Waals surface area contributed by atoms with Crippen LogP contribution in [0.25, 0.3) is 0 Å². The third kappa shape index (κ3) is 2.00. The van der Waals surface area contributed by atoms with Crippen molar-refractivity contribution in [3.05, 3.63) is 47.4 Å². The molecular formula is C14H15N3. The van der Waals surface area contributed by atoms with Gasteiger partial charge in [-0.1, -0.05) is 17.7 Å². The number of nitrogens with one attached hydrogen (secondary N) is 1. The molecule has 0 spiro atoms. The molecule has 3 heteroatoms. The van der Waals surface area contributed by atoms with Crippen molar-refractivity contribution in [3.63, 3.8) is 0 Å². The smallest absolute Gasteiger partial charge is 0.137 e. The molecule has 1 aliphatic carbocycles. The zero-order valence-electron chi connectivity index (χ0n) is 9.90. The van der Waals surface area contributed by atoms with Crippen LogP contribution in [0.15, 0.2) is 30.6 Å². The first-order valence-corrected chi connectivity index (χ1v) is 5.99. The Morgan fingerprint density at radius 3 is 2.71 bits per heavy atom. The largest absolute Gasteiger partial charge is 0.340 e. The SMILES string of the molecule is Cc1ccc(Nc2ncnc3c2CCC3)cc1. The summed E-state index contributed by atoms with van der Waals surface area (Å²) in [7, 11) is 0. The van der Waals surface area contributed by atoms with Crippen molar-refractivity contribution in [2.75, 3.05) is 5.32 Å². The molecule has 1 aromatic carbocycles. The van der Waals surface area contributed by atoms with Gasteiger partial charge in [-0.15, -0.1) is 0 Å². The Hall–Kier alpha value is -1.90. The number of fused-ring (bicyclic) bond motifs is 1. The molecule has 0 saturated heterocycles. The minimum atomic E-state index is 0.969. The lowest BCUT2D eigenvalue weighted by atomic mass is 10.2. The fraction of sp³-hybridized carbons (Fsp3) is 0.286. The molecule has 0 radical (unpaired) electrons. The Kier molecular flexibility index (Phi) is 2.52. The zero-order valence-corrected chi connectivity index (χ0v) is 9.90. The van der Waals surface area contributed by atoms with Crippen molar-refractivity contribution in [1.29, 1.82) is 0 Å². The van der Waals surface area contributed by atoms with Gasteiger partial charge >= 0.3 is 0 Å². The Labute approximate surface area is 101 Å². The first-order chi connectivity index (χ1) is 8.33. The summed E-state index contributed by atoms with van der Waals surface area (Å²) >= 11 is 0. The summed E-state index contributed by atoms with van der Waals surface area (Å²) in [6, 6.07) is 8.37. The Balaban J connectivity index is 1.91. The number of hydrogen-bond donors (Lipinski definition) is 1. The molecule has 0 bridgehead atoms. The predicted octanol–water partition coefficient (Wildman–Crippen LogP) is 3.02. The van der Waals surface area contributed by atoms with Crippen molar-refractivity contribution >= 4 is 11.5 Å². The number of aryl methyl sites for hydroxylation is 2. The van der Waals surface area contributed by atoms with E-state index in [0.29, 0.717) is 0 Å². The second kappa shape index (κ2) is 4.17. The number of nitrogens with zero attached hydrogens (tertiary/aromatic N) is 2. The molecule has 0 unspecified atom stereocenters. The van der Waals surface area contributed by atoms with Crippen LogP contribution in [-0.2, 0) is 12.8 Å². The van der Waals surface area contributed by atoms with Crippen molar-refractivity contribution in [1.82, 2.24) is 9.97 Å². The van der Waals surface area contributed by atoms with E-state index in [1.165, 1.54) is 23.2 Å². The Bertz CT molecular complexity index is 532. The van der Waals surface area contributed by atoms with Gasteiger partial charge in [-0.05, 0) is 38.3 Å². The summed E-state index contributed by atoms with van der Waals surface area (Å²) in [6.07, 6.45) is 5.02. The van der Waals surface area contributed by atoms with Gasteiger partial charge in [0.15, 0.2) is 0 Å². The molecule has 1 aromatic heterocycles. The maximum Gasteiger partial charge on any atom is 0.137 e. The lowest BCUT2D eigenvalue weighted by molar-refractivity contribution is 0.899. The van der Waals surface area contributed by atoms with E-state index >= 15 is 0 Å². The quantitative estimate of drug-likeness (QED) is 0.853. The summed E-state index contributed by atoms with van der Waals surface area (Å²) < 4.78 is 0. The second-order valence-electron chi connectivity index (χ2n) is 4.49. The minimum absolute atomic E-state index is 0.969. The van der Waals surface area contributed by atoms with Crippen LogP contribution in [0.1, 0.15) is 23.2 Å². The van der Waals surface area contributed by atoms with Gasteiger partial charge in [0.25, 0.3) is 0 Å². The van der Waals surface area contributed by atoms with Crippen LogP contribution < -0.4 is 5.32 Å². The molecule has 3 rings (SSSR count). The fourth-order valence-corrected chi connectivity index (χ4v) is 2.24. The van der Waals surface area contributed by atoms with Crippen molar-refractivity contribution in [2.24, 2.45) is 0 Å². The van der Waals surface area contributed by atoms with Crippen LogP contribution in [0, 0.1) is 6.92 Å². The van der Waals surface area contributed by atoms with Gasteiger partial charge in [0, 0.05) is 16.9 Å². The predicted molar refractivity (Wildman–Crippen MR) is 68.5 cm³/mol. The number of hydrogen-bond acceptors (Lipinski definition) is 3. The van der Waals surface area contributed by atoms with Gasteiger partial charge in [0.2, 0.25) is 0 Å². The Morgan fingerprint density at radius 1 is 1.06 bits per heavy atom. The first-order valence-electron chi connectivity index (χ1n) is 5.99. The van der Waals surface area contributed by atoms with E-state index in [2.05, 4.69) is 46.5 Å². The normalized spacial score (nSPS) is 13.5. The molecule has 2 aromatic rings. The molecule has 0 saturated carbocycles. The standard InChI is InChI=1S/C14H15N3/c1-10-5-7-11(8-6-10)17-14-12-3-2-4-13(12)15-9-16-14/h5-9H,2-4H2,1H3,(H,15,16,17). The number of rotatable bonds is 2. The lowest BCUT2D eigenvalue weighted by Gasteiger charge is -2.09. The molecule has 0 aliphatic heterocycles. The third-order valence-corrected chi connectivity index (χ3v) is 3.19. The van der Waals surface area contributed by atoms with E-state index in [9.17, 15) is 0 Å². The summed E-state index contributed by atoms with van der Waals surface area (Å²) in [5, 5.41) is 3.38. The van der Waals surface area contributed by atoms with Crippen LogP contribution in [0.5, 0.6) is 0 Å². The van der Waals surface area contributed by atoms with Gasteiger partial charge < -0.3 is 5.32 Å². The summed E-state index contributed by atoms with van der Waals surface area (Å²) in [6.45, 7) is 2.09. The van der Waals surface area contributed by atoms with Gasteiger partial charge in [-0.2, -0.15) is 0 Å². The zero-order chi connectivity index (χ0) is 11.7. The summed E-state index contributed by atoms with van der Waals surface area (Å²) in [4.78, 5) is 8.67. The average Bonchev–Trinajstić information content (AvgIpc) is 2.81. The van der Waals surface area contributed by atoms with Gasteiger partial charge in [-0.3, -0.25) is 0 Å². The van der Waals surface area contributed by atoms with E-state index in [4.69, 9.17) is 0 Å². The fourth-order valence-electron chi connectivity index (χ4n) is 2.24. The van der Waals surface area contributed by atoms with E-state index in [-0.39, 0.29) is 0 Å². The van der Waals surface area contributed by atoms with E-state index in [1.54, 1.807) is 6.33 Å². The lowest BCUT2D eigenvalue weighted by Crippen LogP contribution is -2.00. The van der Waals surface area contributed by atoms with Gasteiger partial charge in [-0.25, -0.2) is 9.97 Å². The van der Waals surface area contributed by atoms with Crippen LogP contribution in [-0.4, -0.2) is 9.97 Å². The number of anilines is 2. The molecule has 0 amide bonds. The van der Waals surface area contributed by atoms with Crippen molar-refractivity contribution < 1.29 is 0 Å². The van der Waals surface area contributed by atoms with Crippen molar-refractivity contribution in [2.45, 2.75) is 26.2 Å². The molecule has 1 heterocycles. The summed E-state index contributed by atoms with van der Waals surface area (Å²) in [5.41, 5.74) is 4.84. The molecule has 0 fully saturated rings. The second-order valence-corrected chi connectivity index (χ2v) is 4.49. The van der Waals surface area contributed by atoms with Crippen molar-refractivity contribution in [3.8, 4) is 0 Å². The maximum atomic E-state index is 4.35. The first kappa shape index (κ1) is 10.3. The minimum Gasteiger partial charge on any atom is -0.340 e.